The van der Waals surface area contributed by atoms with E-state index >= 15 is 0 Å². The Balaban J connectivity index is 1.36. The molecule has 0 radical (unpaired) electrons. The van der Waals surface area contributed by atoms with E-state index in [0.29, 0.717) is 16.5 Å². The minimum Gasteiger partial charge on any atom is -0.484 e. The summed E-state index contributed by atoms with van der Waals surface area (Å²) >= 11 is 1.32. The van der Waals surface area contributed by atoms with E-state index in [1.54, 1.807) is 29.6 Å². The third kappa shape index (κ3) is 8.04. The van der Waals surface area contributed by atoms with Gasteiger partial charge in [0, 0.05) is 11.1 Å². The fourth-order valence-electron chi connectivity index (χ4n) is 2.79. The van der Waals surface area contributed by atoms with Crippen molar-refractivity contribution < 1.29 is 23.9 Å². The standard InChI is InChI=1S/C24H25N3O5S/c1-16-8-9-17(2)20(10-16)27-21(28)11-23-26-18(15-33-23)13-32-24(30)12-25-22(29)14-31-19-6-4-3-5-7-19/h3-10,15H,11-14H2,1-2H3,(H,25,29)(H,27,28). The van der Waals surface area contributed by atoms with Crippen LogP contribution in [0.25, 0.3) is 0 Å². The molecule has 0 bridgehead atoms. The second kappa shape index (κ2) is 11.8. The Kier molecular flexibility index (Phi) is 8.54. The molecule has 0 aliphatic rings. The average Bonchev–Trinajstić information content (AvgIpc) is 3.25. The number of nitrogens with zero attached hydrogens (tertiary/aromatic N) is 1. The van der Waals surface area contributed by atoms with Crippen LogP contribution < -0.4 is 15.4 Å². The second-order valence-corrected chi connectivity index (χ2v) is 8.26. The first kappa shape index (κ1) is 23.9. The first-order valence-electron chi connectivity index (χ1n) is 10.3. The normalized spacial score (nSPS) is 10.4. The van der Waals surface area contributed by atoms with E-state index in [4.69, 9.17) is 9.47 Å². The molecule has 0 saturated heterocycles. The molecule has 3 aromatic rings. The maximum atomic E-state index is 12.3. The molecule has 33 heavy (non-hydrogen) atoms. The number of thiazole rings is 1. The Hall–Kier alpha value is -3.72. The average molecular weight is 468 g/mol. The van der Waals surface area contributed by atoms with Crippen LogP contribution in [0.2, 0.25) is 0 Å². The second-order valence-electron chi connectivity index (χ2n) is 7.32. The number of hydrogen-bond donors (Lipinski definition) is 2. The SMILES string of the molecule is Cc1ccc(C)c(NC(=O)Cc2nc(COC(=O)CNC(=O)COc3ccccc3)cs2)c1. The Bertz CT molecular complexity index is 1110. The molecule has 0 aliphatic heterocycles. The number of amides is 2. The number of rotatable bonds is 10. The third-order valence-electron chi connectivity index (χ3n) is 4.50. The number of anilines is 1. The van der Waals surface area contributed by atoms with Crippen LogP contribution in [0.15, 0.2) is 53.9 Å². The summed E-state index contributed by atoms with van der Waals surface area (Å²) in [5.41, 5.74) is 3.37. The molecular formula is C24H25N3O5S. The van der Waals surface area contributed by atoms with E-state index in [0.717, 1.165) is 16.8 Å². The van der Waals surface area contributed by atoms with Gasteiger partial charge in [0.15, 0.2) is 6.61 Å². The van der Waals surface area contributed by atoms with E-state index in [1.165, 1.54) is 11.3 Å². The van der Waals surface area contributed by atoms with Gasteiger partial charge < -0.3 is 20.1 Å². The van der Waals surface area contributed by atoms with Crippen LogP contribution in [-0.4, -0.2) is 35.9 Å². The largest absolute Gasteiger partial charge is 0.484 e. The molecule has 1 heterocycles. The number of hydrogen-bond acceptors (Lipinski definition) is 7. The van der Waals surface area contributed by atoms with Crippen LogP contribution in [0.1, 0.15) is 21.8 Å². The maximum absolute atomic E-state index is 12.3. The zero-order chi connectivity index (χ0) is 23.6. The molecule has 2 aromatic carbocycles. The van der Waals surface area contributed by atoms with Crippen molar-refractivity contribution in [2.75, 3.05) is 18.5 Å². The summed E-state index contributed by atoms with van der Waals surface area (Å²) in [6.07, 6.45) is 0.128. The van der Waals surface area contributed by atoms with Crippen molar-refractivity contribution in [2.45, 2.75) is 26.9 Å². The minimum absolute atomic E-state index is 0.0374. The Morgan fingerprint density at radius 1 is 1.03 bits per heavy atom. The lowest BCUT2D eigenvalue weighted by Crippen LogP contribution is -2.34. The van der Waals surface area contributed by atoms with Gasteiger partial charge in [-0.1, -0.05) is 30.3 Å². The molecule has 0 atom stereocenters. The Morgan fingerprint density at radius 2 is 1.82 bits per heavy atom. The molecule has 1 aromatic heterocycles. The number of carbonyl (C=O) groups is 3. The van der Waals surface area contributed by atoms with Gasteiger partial charge in [-0.05, 0) is 43.2 Å². The molecule has 2 amide bonds. The lowest BCUT2D eigenvalue weighted by Gasteiger charge is -2.08. The summed E-state index contributed by atoms with van der Waals surface area (Å²) in [6, 6.07) is 14.8. The zero-order valence-corrected chi connectivity index (χ0v) is 19.2. The molecule has 2 N–H and O–H groups in total. The number of carbonyl (C=O) groups excluding carboxylic acids is 3. The molecule has 172 valence electrons. The summed E-state index contributed by atoms with van der Waals surface area (Å²) in [4.78, 5) is 40.3. The van der Waals surface area contributed by atoms with Crippen molar-refractivity contribution in [3.8, 4) is 5.75 Å². The van der Waals surface area contributed by atoms with E-state index in [-0.39, 0.29) is 32.1 Å². The van der Waals surface area contributed by atoms with Crippen molar-refractivity contribution >= 4 is 34.8 Å². The molecule has 9 heteroatoms. The van der Waals surface area contributed by atoms with Crippen molar-refractivity contribution in [1.82, 2.24) is 10.3 Å². The first-order valence-corrected chi connectivity index (χ1v) is 11.2. The predicted octanol–water partition coefficient (Wildman–Crippen LogP) is 3.18. The summed E-state index contributed by atoms with van der Waals surface area (Å²) in [6.45, 7) is 3.39. The molecule has 8 nitrogen and oxygen atoms in total. The van der Waals surface area contributed by atoms with Gasteiger partial charge in [-0.3, -0.25) is 14.4 Å². The summed E-state index contributed by atoms with van der Waals surface area (Å²) in [7, 11) is 0. The van der Waals surface area contributed by atoms with Crippen LogP contribution in [0.5, 0.6) is 5.75 Å². The highest BCUT2D eigenvalue weighted by atomic mass is 32.1. The highest BCUT2D eigenvalue weighted by Crippen LogP contribution is 2.18. The van der Waals surface area contributed by atoms with Crippen LogP contribution >= 0.6 is 11.3 Å². The van der Waals surface area contributed by atoms with Gasteiger partial charge in [-0.2, -0.15) is 0 Å². The van der Waals surface area contributed by atoms with Crippen LogP contribution in [0, 0.1) is 13.8 Å². The molecular weight excluding hydrogens is 442 g/mol. The van der Waals surface area contributed by atoms with Gasteiger partial charge in [0.25, 0.3) is 5.91 Å². The number of para-hydroxylation sites is 1. The van der Waals surface area contributed by atoms with Crippen LogP contribution in [-0.2, 0) is 32.1 Å². The fourth-order valence-corrected chi connectivity index (χ4v) is 3.57. The van der Waals surface area contributed by atoms with Crippen LogP contribution in [0.3, 0.4) is 0 Å². The van der Waals surface area contributed by atoms with Crippen molar-refractivity contribution in [2.24, 2.45) is 0 Å². The first-order chi connectivity index (χ1) is 15.9. The lowest BCUT2D eigenvalue weighted by atomic mass is 10.1. The van der Waals surface area contributed by atoms with Gasteiger partial charge in [-0.15, -0.1) is 11.3 Å². The Morgan fingerprint density at radius 3 is 2.61 bits per heavy atom. The van der Waals surface area contributed by atoms with Gasteiger partial charge >= 0.3 is 5.97 Å². The number of aryl methyl sites for hydroxylation is 2. The van der Waals surface area contributed by atoms with E-state index in [1.807, 2.05) is 38.1 Å². The Labute approximate surface area is 196 Å². The summed E-state index contributed by atoms with van der Waals surface area (Å²) < 4.78 is 10.4. The molecule has 0 spiro atoms. The monoisotopic (exact) mass is 467 g/mol. The van der Waals surface area contributed by atoms with Crippen molar-refractivity contribution in [3.63, 3.8) is 0 Å². The van der Waals surface area contributed by atoms with E-state index < -0.39 is 11.9 Å². The highest BCUT2D eigenvalue weighted by Gasteiger charge is 2.12. The van der Waals surface area contributed by atoms with Gasteiger partial charge in [0.2, 0.25) is 5.91 Å². The molecule has 0 unspecified atom stereocenters. The third-order valence-corrected chi connectivity index (χ3v) is 5.40. The van der Waals surface area contributed by atoms with Gasteiger partial charge in [0.1, 0.15) is 23.9 Å². The van der Waals surface area contributed by atoms with Crippen molar-refractivity contribution in [1.29, 1.82) is 0 Å². The fraction of sp³-hybridized carbons (Fsp3) is 0.250. The van der Waals surface area contributed by atoms with Gasteiger partial charge in [-0.25, -0.2) is 4.98 Å². The summed E-state index contributed by atoms with van der Waals surface area (Å²) in [5, 5.41) is 7.70. The minimum atomic E-state index is -0.592. The number of aromatic nitrogens is 1. The highest BCUT2D eigenvalue weighted by molar-refractivity contribution is 7.09. The number of nitrogens with one attached hydrogen (secondary N) is 2. The lowest BCUT2D eigenvalue weighted by molar-refractivity contribution is -0.145. The van der Waals surface area contributed by atoms with Crippen molar-refractivity contribution in [3.05, 3.63) is 75.7 Å². The number of ether oxygens (including phenoxy) is 2. The predicted molar refractivity (Wildman–Crippen MR) is 125 cm³/mol. The summed E-state index contributed by atoms with van der Waals surface area (Å²) in [5.74, 6) is -0.619. The topological polar surface area (TPSA) is 107 Å². The molecule has 0 fully saturated rings. The molecule has 0 saturated carbocycles. The van der Waals surface area contributed by atoms with Gasteiger partial charge in [0.05, 0.1) is 12.1 Å². The van der Waals surface area contributed by atoms with E-state index in [9.17, 15) is 14.4 Å². The van der Waals surface area contributed by atoms with Crippen LogP contribution in [0.4, 0.5) is 5.69 Å². The number of esters is 1. The van der Waals surface area contributed by atoms with E-state index in [2.05, 4.69) is 15.6 Å². The number of benzene rings is 2. The smallest absolute Gasteiger partial charge is 0.325 e. The molecule has 0 aliphatic carbocycles. The quantitative estimate of drug-likeness (QED) is 0.444. The molecule has 3 rings (SSSR count). The zero-order valence-electron chi connectivity index (χ0n) is 18.4. The maximum Gasteiger partial charge on any atom is 0.325 e.